The second-order valence-electron chi connectivity index (χ2n) is 5.77. The van der Waals surface area contributed by atoms with Gasteiger partial charge in [-0.3, -0.25) is 9.59 Å². The Morgan fingerprint density at radius 3 is 2.64 bits per heavy atom. The van der Waals surface area contributed by atoms with Crippen LogP contribution in [0.15, 0.2) is 11.6 Å². The molecule has 0 aliphatic heterocycles. The molecule has 2 aromatic heterocycles. The second-order valence-corrected chi connectivity index (χ2v) is 6.75. The van der Waals surface area contributed by atoms with E-state index in [4.69, 9.17) is 0 Å². The van der Waals surface area contributed by atoms with Gasteiger partial charge in [0.2, 0.25) is 0 Å². The van der Waals surface area contributed by atoms with Gasteiger partial charge in [0, 0.05) is 30.2 Å². The summed E-state index contributed by atoms with van der Waals surface area (Å²) >= 11 is 1.56. The Balaban J connectivity index is 1.92. The van der Waals surface area contributed by atoms with Gasteiger partial charge in [-0.2, -0.15) is 0 Å². The van der Waals surface area contributed by atoms with E-state index in [-0.39, 0.29) is 11.7 Å². The van der Waals surface area contributed by atoms with Crippen LogP contribution in [0.4, 0.5) is 0 Å². The van der Waals surface area contributed by atoms with E-state index >= 15 is 0 Å². The molecule has 1 fully saturated rings. The van der Waals surface area contributed by atoms with Crippen molar-refractivity contribution in [1.29, 1.82) is 0 Å². The van der Waals surface area contributed by atoms with Crippen molar-refractivity contribution >= 4 is 23.0 Å². The lowest BCUT2D eigenvalue weighted by molar-refractivity contribution is 0.0728. The Kier molecular flexibility index (Phi) is 3.87. The number of carbonyl (C=O) groups excluding carboxylic acids is 2. The number of aromatic nitrogens is 2. The number of aryl methyl sites for hydroxylation is 1. The molecule has 2 heterocycles. The number of rotatable bonds is 5. The van der Waals surface area contributed by atoms with Crippen LogP contribution in [0.25, 0.3) is 0 Å². The summed E-state index contributed by atoms with van der Waals surface area (Å²) in [6.07, 6.45) is 3.84. The minimum Gasteiger partial charge on any atom is -0.355 e. The van der Waals surface area contributed by atoms with Gasteiger partial charge in [-0.05, 0) is 32.3 Å². The smallest absolute Gasteiger partial charge is 0.256 e. The standard InChI is InChI=1S/C16H19N3O2S/c1-9-14(10(2)18-15(9)11(3)20)16(21)19(12-4-5-12)8-13-17-6-7-22-13/h6-7,12,18H,4-5,8H2,1-3H3. The van der Waals surface area contributed by atoms with Crippen molar-refractivity contribution in [2.45, 2.75) is 46.2 Å². The van der Waals surface area contributed by atoms with Crippen molar-refractivity contribution in [2.24, 2.45) is 0 Å². The van der Waals surface area contributed by atoms with E-state index < -0.39 is 0 Å². The number of nitrogens with one attached hydrogen (secondary N) is 1. The second kappa shape index (κ2) is 5.68. The first-order chi connectivity index (χ1) is 10.5. The maximum atomic E-state index is 13.0. The molecule has 1 saturated carbocycles. The molecule has 0 spiro atoms. The summed E-state index contributed by atoms with van der Waals surface area (Å²) in [6.45, 7) is 5.74. The first kappa shape index (κ1) is 15.0. The molecule has 6 heteroatoms. The zero-order valence-corrected chi connectivity index (χ0v) is 13.8. The van der Waals surface area contributed by atoms with Crippen molar-refractivity contribution in [3.63, 3.8) is 0 Å². The number of nitrogens with zero attached hydrogens (tertiary/aromatic N) is 2. The third-order valence-corrected chi connectivity index (χ3v) is 4.81. The predicted molar refractivity (Wildman–Crippen MR) is 85.3 cm³/mol. The Labute approximate surface area is 133 Å². The first-order valence-electron chi connectivity index (χ1n) is 7.38. The summed E-state index contributed by atoms with van der Waals surface area (Å²) in [5.74, 6) is -0.0472. The Hall–Kier alpha value is -1.95. The van der Waals surface area contributed by atoms with E-state index in [0.717, 1.165) is 29.1 Å². The van der Waals surface area contributed by atoms with E-state index in [2.05, 4.69) is 9.97 Å². The SMILES string of the molecule is CC(=O)c1[nH]c(C)c(C(=O)N(Cc2nccs2)C2CC2)c1C. The number of thiazole rings is 1. The van der Waals surface area contributed by atoms with Gasteiger partial charge in [0.1, 0.15) is 5.01 Å². The number of H-pyrrole nitrogens is 1. The topological polar surface area (TPSA) is 66.1 Å². The van der Waals surface area contributed by atoms with E-state index in [1.54, 1.807) is 17.5 Å². The van der Waals surface area contributed by atoms with Crippen LogP contribution >= 0.6 is 11.3 Å². The number of carbonyl (C=O) groups is 2. The number of Topliss-reactive ketones (excluding diaryl/α,β-unsaturated/α-hetero) is 1. The van der Waals surface area contributed by atoms with Crippen LogP contribution in [-0.4, -0.2) is 32.6 Å². The number of aromatic amines is 1. The summed E-state index contributed by atoms with van der Waals surface area (Å²) in [7, 11) is 0. The Bertz CT molecular complexity index is 714. The van der Waals surface area contributed by atoms with Gasteiger partial charge in [-0.25, -0.2) is 4.98 Å². The van der Waals surface area contributed by atoms with Crippen LogP contribution in [0.1, 0.15) is 56.9 Å². The highest BCUT2D eigenvalue weighted by atomic mass is 32.1. The van der Waals surface area contributed by atoms with E-state index in [9.17, 15) is 9.59 Å². The first-order valence-corrected chi connectivity index (χ1v) is 8.26. The van der Waals surface area contributed by atoms with Crippen LogP contribution in [0.3, 0.4) is 0 Å². The average Bonchev–Trinajstić information content (AvgIpc) is 3.08. The van der Waals surface area contributed by atoms with Crippen LogP contribution in [0, 0.1) is 13.8 Å². The van der Waals surface area contributed by atoms with E-state index in [0.29, 0.717) is 23.8 Å². The molecule has 5 nitrogen and oxygen atoms in total. The summed E-state index contributed by atoms with van der Waals surface area (Å²) < 4.78 is 0. The third kappa shape index (κ3) is 2.70. The molecular formula is C16H19N3O2S. The normalized spacial score (nSPS) is 14.1. The lowest BCUT2D eigenvalue weighted by Crippen LogP contribution is -2.33. The third-order valence-electron chi connectivity index (χ3n) is 4.04. The summed E-state index contributed by atoms with van der Waals surface area (Å²) in [4.78, 5) is 33.9. The van der Waals surface area contributed by atoms with Gasteiger partial charge in [-0.15, -0.1) is 11.3 Å². The minimum atomic E-state index is -0.0439. The molecule has 1 N–H and O–H groups in total. The van der Waals surface area contributed by atoms with Crippen molar-refractivity contribution in [2.75, 3.05) is 0 Å². The predicted octanol–water partition coefficient (Wildman–Crippen LogP) is 3.10. The summed E-state index contributed by atoms with van der Waals surface area (Å²) in [5, 5.41) is 2.86. The molecule has 22 heavy (non-hydrogen) atoms. The van der Waals surface area contributed by atoms with E-state index in [1.165, 1.54) is 6.92 Å². The summed E-state index contributed by atoms with van der Waals surface area (Å²) in [6, 6.07) is 0.297. The zero-order valence-electron chi connectivity index (χ0n) is 13.0. The molecular weight excluding hydrogens is 298 g/mol. The molecule has 0 radical (unpaired) electrons. The quantitative estimate of drug-likeness (QED) is 0.862. The number of hydrogen-bond donors (Lipinski definition) is 1. The maximum absolute atomic E-state index is 13.0. The van der Waals surface area contributed by atoms with Crippen LogP contribution < -0.4 is 0 Å². The van der Waals surface area contributed by atoms with Gasteiger partial charge < -0.3 is 9.88 Å². The van der Waals surface area contributed by atoms with Crippen molar-refractivity contribution < 1.29 is 9.59 Å². The van der Waals surface area contributed by atoms with Crippen molar-refractivity contribution in [3.8, 4) is 0 Å². The van der Waals surface area contributed by atoms with Gasteiger partial charge in [0.15, 0.2) is 5.78 Å². The largest absolute Gasteiger partial charge is 0.355 e. The molecule has 1 amide bonds. The fourth-order valence-electron chi connectivity index (χ4n) is 2.80. The van der Waals surface area contributed by atoms with Crippen LogP contribution in [0.5, 0.6) is 0 Å². The van der Waals surface area contributed by atoms with Gasteiger partial charge in [0.25, 0.3) is 5.91 Å². The molecule has 2 aromatic rings. The minimum absolute atomic E-state index is 0.00329. The van der Waals surface area contributed by atoms with Crippen LogP contribution in [0.2, 0.25) is 0 Å². The lowest BCUT2D eigenvalue weighted by atomic mass is 10.1. The molecule has 3 rings (SSSR count). The fourth-order valence-corrected chi connectivity index (χ4v) is 3.41. The molecule has 0 unspecified atom stereocenters. The van der Waals surface area contributed by atoms with Gasteiger partial charge in [0.05, 0.1) is 17.8 Å². The van der Waals surface area contributed by atoms with Crippen LogP contribution in [-0.2, 0) is 6.54 Å². The number of ketones is 1. The van der Waals surface area contributed by atoms with Crippen molar-refractivity contribution in [3.05, 3.63) is 39.1 Å². The summed E-state index contributed by atoms with van der Waals surface area (Å²) in [5.41, 5.74) is 2.68. The molecule has 1 aliphatic rings. The molecule has 1 aliphatic carbocycles. The average molecular weight is 317 g/mol. The molecule has 0 saturated heterocycles. The molecule has 116 valence electrons. The zero-order chi connectivity index (χ0) is 15.9. The fraction of sp³-hybridized carbons (Fsp3) is 0.438. The van der Waals surface area contributed by atoms with E-state index in [1.807, 2.05) is 24.1 Å². The molecule has 0 aromatic carbocycles. The van der Waals surface area contributed by atoms with Gasteiger partial charge >= 0.3 is 0 Å². The molecule has 0 bridgehead atoms. The highest BCUT2D eigenvalue weighted by Gasteiger charge is 2.35. The number of amides is 1. The number of hydrogen-bond acceptors (Lipinski definition) is 4. The Morgan fingerprint density at radius 2 is 2.14 bits per heavy atom. The monoisotopic (exact) mass is 317 g/mol. The lowest BCUT2D eigenvalue weighted by Gasteiger charge is -2.21. The highest BCUT2D eigenvalue weighted by Crippen LogP contribution is 2.32. The van der Waals surface area contributed by atoms with Crippen molar-refractivity contribution in [1.82, 2.24) is 14.9 Å². The highest BCUT2D eigenvalue weighted by molar-refractivity contribution is 7.09. The maximum Gasteiger partial charge on any atom is 0.256 e. The Morgan fingerprint density at radius 1 is 1.41 bits per heavy atom. The molecule has 0 atom stereocenters. The van der Waals surface area contributed by atoms with Gasteiger partial charge in [-0.1, -0.05) is 0 Å².